The molecule has 0 aromatic rings. The van der Waals surface area contributed by atoms with E-state index in [0.29, 0.717) is 0 Å². The molecular formula is C7H20LiNSi. The fourth-order valence-corrected chi connectivity index (χ4v) is 1.57. The molecule has 0 aliphatic heterocycles. The molecule has 0 aliphatic rings. The smallest absolute Gasteiger partial charge is 1.00 e. The maximum Gasteiger partial charge on any atom is 1.00 e. The van der Waals surface area contributed by atoms with Crippen molar-refractivity contribution in [2.75, 3.05) is 12.7 Å². The topological polar surface area (TPSA) is 12.0 Å². The van der Waals surface area contributed by atoms with Crippen LogP contribution in [0.2, 0.25) is 19.6 Å². The van der Waals surface area contributed by atoms with Crippen LogP contribution in [0.3, 0.4) is 0 Å². The van der Waals surface area contributed by atoms with Gasteiger partial charge in [-0.15, -0.1) is 0 Å². The molecule has 0 aromatic carbocycles. The summed E-state index contributed by atoms with van der Waals surface area (Å²) < 4.78 is 0. The molecule has 0 bridgehead atoms. The van der Waals surface area contributed by atoms with Crippen LogP contribution >= 0.6 is 0 Å². The fourth-order valence-electron chi connectivity index (χ4n) is 0.640. The molecule has 58 valence electrons. The Kier molecular flexibility index (Phi) is 8.67. The molecule has 0 rings (SSSR count). The van der Waals surface area contributed by atoms with Crippen molar-refractivity contribution < 1.29 is 20.3 Å². The van der Waals surface area contributed by atoms with Gasteiger partial charge in [-0.2, -0.15) is 0 Å². The van der Waals surface area contributed by atoms with E-state index in [2.05, 4.69) is 31.9 Å². The molecule has 0 saturated heterocycles. The van der Waals surface area contributed by atoms with Crippen LogP contribution in [0.1, 0.15) is 14.8 Å². The molecule has 0 fully saturated rings. The fraction of sp³-hybridized carbons (Fsp3) is 1.00. The third-order valence-corrected chi connectivity index (χ3v) is 2.39. The number of hydrogen-bond acceptors (Lipinski definition) is 1. The molecule has 0 spiro atoms. The quantitative estimate of drug-likeness (QED) is 0.403. The van der Waals surface area contributed by atoms with Gasteiger partial charge in [0.15, 0.2) is 0 Å². The maximum absolute atomic E-state index is 3.44. The van der Waals surface area contributed by atoms with E-state index in [1.807, 2.05) is 0 Å². The van der Waals surface area contributed by atoms with Gasteiger partial charge in [-0.25, -0.2) is 0 Å². The SMILES string of the molecule is CCCNC[Si](C)(C)C.[H-].[Li+]. The van der Waals surface area contributed by atoms with Crippen LogP contribution in [-0.4, -0.2) is 20.8 Å². The van der Waals surface area contributed by atoms with Crippen molar-refractivity contribution in [3.63, 3.8) is 0 Å². The third kappa shape index (κ3) is 11.6. The standard InChI is InChI=1S/C7H19NSi.Li.H/c1-5-6-8-7-9(2,3)4;;/h8H,5-7H2,1-4H3;;/q;+1;-1. The summed E-state index contributed by atoms with van der Waals surface area (Å²) in [6, 6.07) is 0. The summed E-state index contributed by atoms with van der Waals surface area (Å²) in [5.41, 5.74) is 0. The van der Waals surface area contributed by atoms with Gasteiger partial charge < -0.3 is 6.74 Å². The van der Waals surface area contributed by atoms with Crippen LogP contribution in [0.4, 0.5) is 0 Å². The van der Waals surface area contributed by atoms with Gasteiger partial charge in [-0.3, -0.25) is 0 Å². The predicted molar refractivity (Wildman–Crippen MR) is 47.6 cm³/mol. The van der Waals surface area contributed by atoms with E-state index in [-0.39, 0.29) is 20.3 Å². The van der Waals surface area contributed by atoms with Gasteiger partial charge in [0.05, 0.1) is 8.07 Å². The maximum atomic E-state index is 3.44. The molecule has 0 heterocycles. The van der Waals surface area contributed by atoms with E-state index < -0.39 is 8.07 Å². The first-order valence-electron chi connectivity index (χ1n) is 3.77. The molecule has 0 unspecified atom stereocenters. The number of rotatable bonds is 4. The summed E-state index contributed by atoms with van der Waals surface area (Å²) in [5.74, 6) is 0. The zero-order valence-corrected chi connectivity index (χ0v) is 9.12. The largest absolute Gasteiger partial charge is 1.00 e. The second-order valence-corrected chi connectivity index (χ2v) is 9.21. The Balaban J connectivity index is -0.000000320. The third-order valence-electron chi connectivity index (χ3n) is 1.08. The average molecular weight is 153 g/mol. The number of hydrogen-bond donors (Lipinski definition) is 1. The summed E-state index contributed by atoms with van der Waals surface area (Å²) in [6.45, 7) is 10.5. The first-order chi connectivity index (χ1) is 4.06. The average Bonchev–Trinajstić information content (AvgIpc) is 1.63. The van der Waals surface area contributed by atoms with Crippen molar-refractivity contribution in [1.29, 1.82) is 0 Å². The van der Waals surface area contributed by atoms with E-state index in [9.17, 15) is 0 Å². The molecule has 10 heavy (non-hydrogen) atoms. The summed E-state index contributed by atoms with van der Waals surface area (Å²) in [4.78, 5) is 0. The van der Waals surface area contributed by atoms with Crippen LogP contribution in [0.5, 0.6) is 0 Å². The van der Waals surface area contributed by atoms with E-state index in [1.165, 1.54) is 19.1 Å². The zero-order valence-electron chi connectivity index (χ0n) is 9.12. The Morgan fingerprint density at radius 1 is 1.30 bits per heavy atom. The minimum atomic E-state index is -0.806. The van der Waals surface area contributed by atoms with Crippen molar-refractivity contribution in [2.24, 2.45) is 0 Å². The van der Waals surface area contributed by atoms with Crippen molar-refractivity contribution in [3.8, 4) is 0 Å². The second-order valence-electron chi connectivity index (χ2n) is 3.74. The van der Waals surface area contributed by atoms with E-state index in [0.717, 1.165) is 0 Å². The van der Waals surface area contributed by atoms with Crippen LogP contribution in [0.25, 0.3) is 0 Å². The van der Waals surface area contributed by atoms with Crippen molar-refractivity contribution >= 4 is 8.07 Å². The summed E-state index contributed by atoms with van der Waals surface area (Å²) >= 11 is 0. The van der Waals surface area contributed by atoms with Gasteiger partial charge in [0.25, 0.3) is 0 Å². The molecule has 1 nitrogen and oxygen atoms in total. The van der Waals surface area contributed by atoms with Crippen molar-refractivity contribution in [2.45, 2.75) is 33.0 Å². The molecule has 0 radical (unpaired) electrons. The first-order valence-corrected chi connectivity index (χ1v) is 7.47. The van der Waals surface area contributed by atoms with Gasteiger partial charge in [0.2, 0.25) is 0 Å². The minimum absolute atomic E-state index is 0. The molecule has 0 aromatic heterocycles. The van der Waals surface area contributed by atoms with Crippen LogP contribution in [0.15, 0.2) is 0 Å². The molecule has 0 aliphatic carbocycles. The van der Waals surface area contributed by atoms with Gasteiger partial charge in [0.1, 0.15) is 0 Å². The van der Waals surface area contributed by atoms with Crippen molar-refractivity contribution in [1.82, 2.24) is 5.32 Å². The normalized spacial score (nSPS) is 10.8. The Labute approximate surface area is 79.6 Å². The summed E-state index contributed by atoms with van der Waals surface area (Å²) in [6.07, 6.45) is 2.52. The molecule has 3 heteroatoms. The van der Waals surface area contributed by atoms with Gasteiger partial charge in [-0.05, 0) is 19.1 Å². The number of nitrogens with one attached hydrogen (secondary N) is 1. The molecular weight excluding hydrogens is 133 g/mol. The molecule has 1 N–H and O–H groups in total. The Hall–Kier alpha value is 0.774. The van der Waals surface area contributed by atoms with Crippen LogP contribution in [0, 0.1) is 0 Å². The second kappa shape index (κ2) is 6.48. The Morgan fingerprint density at radius 3 is 2.10 bits per heavy atom. The van der Waals surface area contributed by atoms with Crippen molar-refractivity contribution in [3.05, 3.63) is 0 Å². The molecule has 0 amide bonds. The Morgan fingerprint density at radius 2 is 1.80 bits per heavy atom. The first kappa shape index (κ1) is 13.4. The summed E-state index contributed by atoms with van der Waals surface area (Å²) in [5, 5.41) is 3.44. The van der Waals surface area contributed by atoms with Crippen LogP contribution in [-0.2, 0) is 0 Å². The van der Waals surface area contributed by atoms with E-state index in [1.54, 1.807) is 0 Å². The van der Waals surface area contributed by atoms with Crippen LogP contribution < -0.4 is 24.2 Å². The minimum Gasteiger partial charge on any atom is -1.00 e. The van der Waals surface area contributed by atoms with E-state index >= 15 is 0 Å². The Bertz CT molecular complexity index is 75.3. The molecule has 0 saturated carbocycles. The predicted octanol–water partition coefficient (Wildman–Crippen LogP) is -1.02. The van der Waals surface area contributed by atoms with Gasteiger partial charge in [-0.1, -0.05) is 26.6 Å². The zero-order chi connectivity index (χ0) is 7.33. The van der Waals surface area contributed by atoms with Gasteiger partial charge in [0, 0.05) is 0 Å². The van der Waals surface area contributed by atoms with E-state index in [4.69, 9.17) is 0 Å². The summed E-state index contributed by atoms with van der Waals surface area (Å²) in [7, 11) is -0.806. The molecule has 0 atom stereocenters. The monoisotopic (exact) mass is 153 g/mol. The van der Waals surface area contributed by atoms with Gasteiger partial charge >= 0.3 is 18.9 Å².